The molecule has 0 aliphatic rings. The number of anilines is 1. The van der Waals surface area contributed by atoms with E-state index in [0.717, 1.165) is 10.0 Å². The van der Waals surface area contributed by atoms with E-state index >= 15 is 0 Å². The number of nitrogens with two attached hydrogens (primary N) is 1. The highest BCUT2D eigenvalue weighted by Gasteiger charge is 2.10. The third-order valence-electron chi connectivity index (χ3n) is 2.91. The largest absolute Gasteiger partial charge is 0.455 e. The van der Waals surface area contributed by atoms with E-state index < -0.39 is 5.76 Å². The van der Waals surface area contributed by atoms with E-state index in [2.05, 4.69) is 20.9 Å². The van der Waals surface area contributed by atoms with Crippen molar-refractivity contribution in [2.45, 2.75) is 6.92 Å². The Bertz CT molecular complexity index is 851. The molecule has 6 heteroatoms. The zero-order chi connectivity index (χ0) is 14.3. The maximum Gasteiger partial charge on any atom is 0.417 e. The van der Waals surface area contributed by atoms with Crippen LogP contribution in [0.4, 0.5) is 5.69 Å². The van der Waals surface area contributed by atoms with Gasteiger partial charge in [-0.25, -0.2) is 4.79 Å². The molecule has 0 unspecified atom stereocenters. The number of benzene rings is 2. The number of halogens is 1. The number of fused-ring (bicyclic) bond motifs is 1. The van der Waals surface area contributed by atoms with Gasteiger partial charge in [-0.15, -0.1) is 0 Å². The number of aromatic nitrogens is 1. The van der Waals surface area contributed by atoms with Crippen LogP contribution in [-0.2, 0) is 0 Å². The van der Waals surface area contributed by atoms with Crippen LogP contribution in [0.2, 0.25) is 0 Å². The Hall–Kier alpha value is -2.21. The molecule has 2 aromatic carbocycles. The van der Waals surface area contributed by atoms with Crippen LogP contribution in [0, 0.1) is 6.92 Å². The first-order valence-electron chi connectivity index (χ1n) is 5.89. The predicted molar refractivity (Wildman–Crippen MR) is 80.2 cm³/mol. The molecule has 3 aromatic rings. The van der Waals surface area contributed by atoms with Gasteiger partial charge in [-0.05, 0) is 30.7 Å². The van der Waals surface area contributed by atoms with Crippen molar-refractivity contribution in [3.63, 3.8) is 0 Å². The average Bonchev–Trinajstić information content (AvgIpc) is 2.72. The van der Waals surface area contributed by atoms with Crippen LogP contribution in [-0.4, -0.2) is 4.98 Å². The van der Waals surface area contributed by atoms with Crippen molar-refractivity contribution in [1.29, 1.82) is 0 Å². The monoisotopic (exact) mass is 334 g/mol. The number of aromatic amines is 1. The van der Waals surface area contributed by atoms with Crippen molar-refractivity contribution < 1.29 is 9.15 Å². The molecule has 0 spiro atoms. The van der Waals surface area contributed by atoms with Crippen molar-refractivity contribution in [1.82, 2.24) is 4.98 Å². The molecule has 3 N–H and O–H groups in total. The molecular weight excluding hydrogens is 324 g/mol. The van der Waals surface area contributed by atoms with E-state index in [1.165, 1.54) is 0 Å². The molecule has 1 heterocycles. The smallest absolute Gasteiger partial charge is 0.417 e. The highest BCUT2D eigenvalue weighted by atomic mass is 79.9. The molecule has 1 aromatic heterocycles. The van der Waals surface area contributed by atoms with E-state index in [0.29, 0.717) is 28.3 Å². The maximum atomic E-state index is 11.2. The second kappa shape index (κ2) is 4.72. The van der Waals surface area contributed by atoms with Crippen LogP contribution >= 0.6 is 15.9 Å². The van der Waals surface area contributed by atoms with Crippen LogP contribution < -0.4 is 16.2 Å². The fraction of sp³-hybridized carbons (Fsp3) is 0.0714. The molecule has 0 aliphatic carbocycles. The van der Waals surface area contributed by atoms with E-state index in [1.807, 2.05) is 25.1 Å². The SMILES string of the molecule is Cc1cc(Br)ccc1Oc1cc2[nH]c(=O)oc2cc1N. The van der Waals surface area contributed by atoms with Gasteiger partial charge in [0.15, 0.2) is 11.3 Å². The topological polar surface area (TPSA) is 81.2 Å². The Morgan fingerprint density at radius 3 is 2.80 bits per heavy atom. The van der Waals surface area contributed by atoms with Crippen LogP contribution in [0.5, 0.6) is 11.5 Å². The zero-order valence-electron chi connectivity index (χ0n) is 10.6. The Kier molecular flexibility index (Phi) is 3.02. The minimum atomic E-state index is -0.517. The molecule has 0 aliphatic heterocycles. The van der Waals surface area contributed by atoms with Crippen molar-refractivity contribution in [3.8, 4) is 11.5 Å². The van der Waals surface area contributed by atoms with Crippen LogP contribution in [0.25, 0.3) is 11.1 Å². The standard InChI is InChI=1S/C14H11BrN2O3/c1-7-4-8(15)2-3-11(7)19-12-6-10-13(5-9(12)16)20-14(18)17-10/h2-6H,16H2,1H3,(H,17,18). The van der Waals surface area contributed by atoms with Crippen LogP contribution in [0.1, 0.15) is 5.56 Å². The van der Waals surface area contributed by atoms with Crippen molar-refractivity contribution in [2.24, 2.45) is 0 Å². The van der Waals surface area contributed by atoms with Gasteiger partial charge in [-0.2, -0.15) is 0 Å². The summed E-state index contributed by atoms with van der Waals surface area (Å²) in [6.45, 7) is 1.94. The number of ether oxygens (including phenoxy) is 1. The summed E-state index contributed by atoms with van der Waals surface area (Å²) in [5, 5.41) is 0. The number of nitrogen functional groups attached to an aromatic ring is 1. The van der Waals surface area contributed by atoms with Crippen LogP contribution in [0.3, 0.4) is 0 Å². The molecular formula is C14H11BrN2O3. The predicted octanol–water partition coefficient (Wildman–Crippen LogP) is 3.57. The van der Waals surface area contributed by atoms with Gasteiger partial charge >= 0.3 is 5.76 Å². The summed E-state index contributed by atoms with van der Waals surface area (Å²) < 4.78 is 11.7. The average molecular weight is 335 g/mol. The number of hydrogen-bond donors (Lipinski definition) is 2. The number of aryl methyl sites for hydroxylation is 1. The summed E-state index contributed by atoms with van der Waals surface area (Å²) >= 11 is 3.40. The molecule has 0 radical (unpaired) electrons. The number of rotatable bonds is 2. The minimum absolute atomic E-state index is 0.405. The normalized spacial score (nSPS) is 10.9. The lowest BCUT2D eigenvalue weighted by Gasteiger charge is -2.10. The Balaban J connectivity index is 2.05. The first-order chi connectivity index (χ1) is 9.52. The first kappa shape index (κ1) is 12.8. The maximum absolute atomic E-state index is 11.2. The van der Waals surface area contributed by atoms with Gasteiger partial charge in [0.25, 0.3) is 0 Å². The van der Waals surface area contributed by atoms with Crippen molar-refractivity contribution >= 4 is 32.7 Å². The van der Waals surface area contributed by atoms with Gasteiger partial charge in [-0.1, -0.05) is 15.9 Å². The van der Waals surface area contributed by atoms with Gasteiger partial charge in [0.05, 0.1) is 11.2 Å². The molecule has 5 nitrogen and oxygen atoms in total. The Labute approximate surface area is 122 Å². The van der Waals surface area contributed by atoms with E-state index in [-0.39, 0.29) is 0 Å². The second-order valence-corrected chi connectivity index (χ2v) is 5.33. The number of nitrogens with one attached hydrogen (secondary N) is 1. The Morgan fingerprint density at radius 1 is 1.25 bits per heavy atom. The summed E-state index contributed by atoms with van der Waals surface area (Å²) in [6.07, 6.45) is 0. The Morgan fingerprint density at radius 2 is 2.05 bits per heavy atom. The third-order valence-corrected chi connectivity index (χ3v) is 3.40. The van der Waals surface area contributed by atoms with Crippen LogP contribution in [0.15, 0.2) is 44.0 Å². The molecule has 3 rings (SSSR count). The molecule has 0 bridgehead atoms. The second-order valence-electron chi connectivity index (χ2n) is 4.41. The summed E-state index contributed by atoms with van der Waals surface area (Å²) in [6, 6.07) is 8.90. The first-order valence-corrected chi connectivity index (χ1v) is 6.68. The lowest BCUT2D eigenvalue weighted by molar-refractivity contribution is 0.481. The van der Waals surface area contributed by atoms with E-state index in [9.17, 15) is 4.79 Å². The summed E-state index contributed by atoms with van der Waals surface area (Å²) in [4.78, 5) is 13.7. The lowest BCUT2D eigenvalue weighted by atomic mass is 10.2. The van der Waals surface area contributed by atoms with E-state index in [4.69, 9.17) is 14.9 Å². The molecule has 0 amide bonds. The van der Waals surface area contributed by atoms with Gasteiger partial charge in [0, 0.05) is 16.6 Å². The summed E-state index contributed by atoms with van der Waals surface area (Å²) in [5.41, 5.74) is 8.25. The highest BCUT2D eigenvalue weighted by molar-refractivity contribution is 9.10. The quantitative estimate of drug-likeness (QED) is 0.702. The van der Waals surface area contributed by atoms with Gasteiger partial charge < -0.3 is 14.9 Å². The van der Waals surface area contributed by atoms with E-state index in [1.54, 1.807) is 12.1 Å². The molecule has 0 atom stereocenters. The number of H-pyrrole nitrogens is 1. The fourth-order valence-corrected chi connectivity index (χ4v) is 2.40. The van der Waals surface area contributed by atoms with Gasteiger partial charge in [-0.3, -0.25) is 4.98 Å². The molecule has 0 saturated heterocycles. The highest BCUT2D eigenvalue weighted by Crippen LogP contribution is 2.33. The zero-order valence-corrected chi connectivity index (χ0v) is 12.2. The molecule has 0 fully saturated rings. The molecule has 102 valence electrons. The molecule has 0 saturated carbocycles. The van der Waals surface area contributed by atoms with Gasteiger partial charge in [0.1, 0.15) is 5.75 Å². The minimum Gasteiger partial charge on any atom is -0.455 e. The lowest BCUT2D eigenvalue weighted by Crippen LogP contribution is -1.94. The number of oxazole rings is 1. The van der Waals surface area contributed by atoms with Crippen molar-refractivity contribution in [2.75, 3.05) is 5.73 Å². The van der Waals surface area contributed by atoms with Gasteiger partial charge in [0.2, 0.25) is 0 Å². The summed E-state index contributed by atoms with van der Waals surface area (Å²) in [7, 11) is 0. The third kappa shape index (κ3) is 2.30. The molecule has 20 heavy (non-hydrogen) atoms. The fourth-order valence-electron chi connectivity index (χ4n) is 1.93. The number of hydrogen-bond acceptors (Lipinski definition) is 4. The summed E-state index contributed by atoms with van der Waals surface area (Å²) in [5.74, 6) is 0.654. The van der Waals surface area contributed by atoms with Crippen molar-refractivity contribution in [3.05, 3.63) is 50.9 Å².